The number of carbonyl (C=O) groups excluding carboxylic acids is 1. The Kier molecular flexibility index (Phi) is 3.72. The summed E-state index contributed by atoms with van der Waals surface area (Å²) in [6, 6.07) is 18.8. The lowest BCUT2D eigenvalue weighted by Gasteiger charge is -2.07. The highest BCUT2D eigenvalue weighted by atomic mass is 32.1. The third-order valence-corrected chi connectivity index (χ3v) is 5.19. The van der Waals surface area contributed by atoms with Crippen LogP contribution in [0.5, 0.6) is 0 Å². The Morgan fingerprint density at radius 3 is 2.74 bits per heavy atom. The second-order valence-electron chi connectivity index (χ2n) is 5.83. The molecule has 2 nitrogen and oxygen atoms in total. The fourth-order valence-electron chi connectivity index (χ4n) is 3.14. The molecule has 1 amide bonds. The van der Waals surface area contributed by atoms with Crippen LogP contribution in [0.25, 0.3) is 11.1 Å². The van der Waals surface area contributed by atoms with Crippen LogP contribution >= 0.6 is 11.3 Å². The van der Waals surface area contributed by atoms with Gasteiger partial charge in [0.2, 0.25) is 5.91 Å². The Bertz CT molecular complexity index is 852. The van der Waals surface area contributed by atoms with E-state index in [0.717, 1.165) is 18.5 Å². The van der Waals surface area contributed by atoms with Crippen molar-refractivity contribution in [2.24, 2.45) is 0 Å². The summed E-state index contributed by atoms with van der Waals surface area (Å²) in [5.74, 6) is 0.0776. The summed E-state index contributed by atoms with van der Waals surface area (Å²) in [4.78, 5) is 13.4. The topological polar surface area (TPSA) is 29.1 Å². The lowest BCUT2D eigenvalue weighted by atomic mass is 10.1. The summed E-state index contributed by atoms with van der Waals surface area (Å²) in [7, 11) is 0. The Labute approximate surface area is 139 Å². The Morgan fingerprint density at radius 2 is 1.87 bits per heavy atom. The Morgan fingerprint density at radius 1 is 1.00 bits per heavy atom. The predicted octanol–water partition coefficient (Wildman–Crippen LogP) is 4.89. The molecule has 1 heterocycles. The third-order valence-electron chi connectivity index (χ3n) is 4.26. The van der Waals surface area contributed by atoms with Crippen LogP contribution in [0.15, 0.2) is 60.0 Å². The van der Waals surface area contributed by atoms with Crippen LogP contribution in [0.1, 0.15) is 22.4 Å². The van der Waals surface area contributed by atoms with Gasteiger partial charge in [-0.25, -0.2) is 0 Å². The molecule has 2 aromatic carbocycles. The number of nitrogens with one attached hydrogen (secondary N) is 1. The van der Waals surface area contributed by atoms with Gasteiger partial charge < -0.3 is 5.32 Å². The molecule has 0 saturated carbocycles. The molecule has 0 aliphatic heterocycles. The van der Waals surface area contributed by atoms with Gasteiger partial charge in [-0.15, -0.1) is 11.3 Å². The molecule has 0 unspecified atom stereocenters. The third kappa shape index (κ3) is 2.92. The zero-order chi connectivity index (χ0) is 15.6. The number of benzene rings is 2. The van der Waals surface area contributed by atoms with Gasteiger partial charge in [-0.2, -0.15) is 0 Å². The Balaban J connectivity index is 1.45. The SMILES string of the molecule is O=C(CCc1cccs1)Nc1ccc2c(c1)Cc1ccccc1-2. The highest BCUT2D eigenvalue weighted by molar-refractivity contribution is 7.09. The number of thiophene rings is 1. The molecular formula is C20H17NOS. The van der Waals surface area contributed by atoms with Crippen molar-refractivity contribution in [1.29, 1.82) is 0 Å². The summed E-state index contributed by atoms with van der Waals surface area (Å²) in [5.41, 5.74) is 6.16. The van der Waals surface area contributed by atoms with E-state index in [-0.39, 0.29) is 5.91 Å². The number of amides is 1. The number of aryl methyl sites for hydroxylation is 1. The molecule has 1 aromatic heterocycles. The van der Waals surface area contributed by atoms with Gasteiger partial charge in [0.1, 0.15) is 0 Å². The molecule has 3 aromatic rings. The standard InChI is InChI=1S/C20H17NOS/c22-20(10-8-17-5-3-11-23-17)21-16-7-9-19-15(13-16)12-14-4-1-2-6-18(14)19/h1-7,9,11,13H,8,10,12H2,(H,21,22). The van der Waals surface area contributed by atoms with Gasteiger partial charge in [0.25, 0.3) is 0 Å². The lowest BCUT2D eigenvalue weighted by Crippen LogP contribution is -2.12. The molecule has 0 bridgehead atoms. The van der Waals surface area contributed by atoms with E-state index in [2.05, 4.69) is 47.8 Å². The van der Waals surface area contributed by atoms with Crippen molar-refractivity contribution in [3.63, 3.8) is 0 Å². The number of rotatable bonds is 4. The van der Waals surface area contributed by atoms with Gasteiger partial charge in [-0.1, -0.05) is 36.4 Å². The van der Waals surface area contributed by atoms with E-state index >= 15 is 0 Å². The van der Waals surface area contributed by atoms with Crippen molar-refractivity contribution >= 4 is 22.9 Å². The van der Waals surface area contributed by atoms with Crippen LogP contribution in [-0.2, 0) is 17.6 Å². The van der Waals surface area contributed by atoms with E-state index in [1.54, 1.807) is 11.3 Å². The molecule has 3 heteroatoms. The Hall–Kier alpha value is -2.39. The summed E-state index contributed by atoms with van der Waals surface area (Å²) in [5, 5.41) is 5.07. The first kappa shape index (κ1) is 14.2. The van der Waals surface area contributed by atoms with Crippen LogP contribution < -0.4 is 5.32 Å². The van der Waals surface area contributed by atoms with E-state index in [9.17, 15) is 4.79 Å². The summed E-state index contributed by atoms with van der Waals surface area (Å²) < 4.78 is 0. The van der Waals surface area contributed by atoms with Crippen molar-refractivity contribution < 1.29 is 4.79 Å². The van der Waals surface area contributed by atoms with Gasteiger partial charge >= 0.3 is 0 Å². The van der Waals surface area contributed by atoms with Gasteiger partial charge in [-0.05, 0) is 58.7 Å². The number of anilines is 1. The molecule has 1 aliphatic carbocycles. The van der Waals surface area contributed by atoms with Gasteiger partial charge in [0.05, 0.1) is 0 Å². The summed E-state index contributed by atoms with van der Waals surface area (Å²) in [6.07, 6.45) is 2.28. The molecule has 0 saturated heterocycles. The molecule has 4 rings (SSSR count). The number of fused-ring (bicyclic) bond motifs is 3. The first-order valence-electron chi connectivity index (χ1n) is 7.83. The van der Waals surface area contributed by atoms with Crippen molar-refractivity contribution in [3.8, 4) is 11.1 Å². The molecule has 1 N–H and O–H groups in total. The molecular weight excluding hydrogens is 302 g/mol. The van der Waals surface area contributed by atoms with Gasteiger partial charge in [0, 0.05) is 17.0 Å². The predicted molar refractivity (Wildman–Crippen MR) is 96.0 cm³/mol. The molecule has 0 radical (unpaired) electrons. The number of hydrogen-bond acceptors (Lipinski definition) is 2. The van der Waals surface area contributed by atoms with Crippen molar-refractivity contribution in [2.45, 2.75) is 19.3 Å². The van der Waals surface area contributed by atoms with Gasteiger partial charge in [-0.3, -0.25) is 4.79 Å². The van der Waals surface area contributed by atoms with Crippen LogP contribution in [0.3, 0.4) is 0 Å². The van der Waals surface area contributed by atoms with Crippen molar-refractivity contribution in [2.75, 3.05) is 5.32 Å². The highest BCUT2D eigenvalue weighted by Gasteiger charge is 2.18. The molecule has 114 valence electrons. The van der Waals surface area contributed by atoms with Crippen molar-refractivity contribution in [3.05, 3.63) is 76.0 Å². The van der Waals surface area contributed by atoms with Crippen LogP contribution in [0, 0.1) is 0 Å². The number of hydrogen-bond donors (Lipinski definition) is 1. The van der Waals surface area contributed by atoms with Gasteiger partial charge in [0.15, 0.2) is 0 Å². The van der Waals surface area contributed by atoms with E-state index in [1.165, 1.54) is 27.1 Å². The normalized spacial score (nSPS) is 11.8. The first-order valence-corrected chi connectivity index (χ1v) is 8.71. The molecule has 0 fully saturated rings. The van der Waals surface area contributed by atoms with E-state index in [0.29, 0.717) is 6.42 Å². The fourth-order valence-corrected chi connectivity index (χ4v) is 3.85. The monoisotopic (exact) mass is 319 g/mol. The maximum absolute atomic E-state index is 12.1. The maximum atomic E-state index is 12.1. The minimum absolute atomic E-state index is 0.0776. The molecule has 0 spiro atoms. The average molecular weight is 319 g/mol. The molecule has 0 atom stereocenters. The zero-order valence-electron chi connectivity index (χ0n) is 12.7. The minimum Gasteiger partial charge on any atom is -0.326 e. The smallest absolute Gasteiger partial charge is 0.224 e. The van der Waals surface area contributed by atoms with E-state index in [4.69, 9.17) is 0 Å². The van der Waals surface area contributed by atoms with Crippen molar-refractivity contribution in [1.82, 2.24) is 0 Å². The highest BCUT2D eigenvalue weighted by Crippen LogP contribution is 2.37. The van der Waals surface area contributed by atoms with E-state index < -0.39 is 0 Å². The first-order chi connectivity index (χ1) is 11.3. The molecule has 1 aliphatic rings. The van der Waals surface area contributed by atoms with Crippen LogP contribution in [-0.4, -0.2) is 5.91 Å². The van der Waals surface area contributed by atoms with Crippen LogP contribution in [0.2, 0.25) is 0 Å². The van der Waals surface area contributed by atoms with Crippen LogP contribution in [0.4, 0.5) is 5.69 Å². The second-order valence-corrected chi connectivity index (χ2v) is 6.87. The fraction of sp³-hybridized carbons (Fsp3) is 0.150. The quantitative estimate of drug-likeness (QED) is 0.570. The van der Waals surface area contributed by atoms with E-state index in [1.807, 2.05) is 17.5 Å². The largest absolute Gasteiger partial charge is 0.326 e. The lowest BCUT2D eigenvalue weighted by molar-refractivity contribution is -0.116. The summed E-state index contributed by atoms with van der Waals surface area (Å²) >= 11 is 1.70. The zero-order valence-corrected chi connectivity index (χ0v) is 13.5. The minimum atomic E-state index is 0.0776. The molecule has 23 heavy (non-hydrogen) atoms. The second kappa shape index (κ2) is 6.01. The number of carbonyl (C=O) groups is 1. The average Bonchev–Trinajstić information content (AvgIpc) is 3.20. The maximum Gasteiger partial charge on any atom is 0.224 e. The summed E-state index contributed by atoms with van der Waals surface area (Å²) in [6.45, 7) is 0.